The van der Waals surface area contributed by atoms with Gasteiger partial charge in [0, 0.05) is 16.7 Å². The molecule has 4 bridgehead atoms. The van der Waals surface area contributed by atoms with Gasteiger partial charge in [-0.25, -0.2) is 15.0 Å². The second-order valence-electron chi connectivity index (χ2n) is 23.0. The van der Waals surface area contributed by atoms with E-state index in [1.165, 1.54) is 94.0 Å². The van der Waals surface area contributed by atoms with Crippen molar-refractivity contribution in [1.29, 1.82) is 5.26 Å². The standard InChI is InChI=1S/C64H62N4/c1-40-28-54(24-26-56(40)49-11-9-10-42(31-49)38-65)63-34-43-30-44(35-63)37-64(36-43,39-63)55-25-27-57(41(2)29-55)50-14-12-48-33-51(15-13-47(48)32-50)60-67-58(45-16-20-52(21-17-45)61(3,4)5)66-59(68-60)46-18-22-53(23-19-46)62(6,7)8/h9-29,31-33,43-44H,30,34-37,39H2,1-8H3. The van der Waals surface area contributed by atoms with Gasteiger partial charge in [-0.05, 0) is 177 Å². The van der Waals surface area contributed by atoms with E-state index < -0.39 is 0 Å². The van der Waals surface area contributed by atoms with Crippen molar-refractivity contribution in [3.63, 3.8) is 0 Å². The van der Waals surface area contributed by atoms with Crippen molar-refractivity contribution in [2.24, 2.45) is 11.8 Å². The Morgan fingerprint density at radius 3 is 1.35 bits per heavy atom. The molecular formula is C64H62N4. The number of aromatic nitrogens is 3. The van der Waals surface area contributed by atoms with Crippen molar-refractivity contribution in [1.82, 2.24) is 15.0 Å². The van der Waals surface area contributed by atoms with Crippen molar-refractivity contribution in [3.05, 3.63) is 185 Å². The first-order valence-electron chi connectivity index (χ1n) is 24.8. The molecule has 2 unspecified atom stereocenters. The van der Waals surface area contributed by atoms with Crippen LogP contribution >= 0.6 is 0 Å². The first-order valence-corrected chi connectivity index (χ1v) is 24.8. The Bertz CT molecular complexity index is 3210. The lowest BCUT2D eigenvalue weighted by Gasteiger charge is -2.63. The van der Waals surface area contributed by atoms with E-state index in [1.54, 1.807) is 0 Å². The fourth-order valence-corrected chi connectivity index (χ4v) is 12.9. The minimum absolute atomic E-state index is 0.0541. The summed E-state index contributed by atoms with van der Waals surface area (Å²) in [5.41, 5.74) is 17.3. The Balaban J connectivity index is 0.888. The molecule has 338 valence electrons. The number of benzene rings is 7. The zero-order valence-corrected chi connectivity index (χ0v) is 41.0. The van der Waals surface area contributed by atoms with Gasteiger partial charge >= 0.3 is 0 Å². The molecule has 4 aliphatic rings. The molecule has 4 fully saturated rings. The van der Waals surface area contributed by atoms with Gasteiger partial charge in [-0.2, -0.15) is 5.26 Å². The van der Waals surface area contributed by atoms with Gasteiger partial charge in [-0.3, -0.25) is 0 Å². The smallest absolute Gasteiger partial charge is 0.164 e. The largest absolute Gasteiger partial charge is 0.208 e. The second-order valence-corrected chi connectivity index (χ2v) is 23.0. The van der Waals surface area contributed by atoms with Gasteiger partial charge in [-0.15, -0.1) is 0 Å². The molecule has 2 atom stereocenters. The molecule has 0 amide bonds. The maximum absolute atomic E-state index is 9.55. The number of aryl methyl sites for hydroxylation is 2. The van der Waals surface area contributed by atoms with Gasteiger partial charge in [0.05, 0.1) is 11.6 Å². The molecule has 4 saturated carbocycles. The molecule has 0 N–H and O–H groups in total. The monoisotopic (exact) mass is 886 g/mol. The summed E-state index contributed by atoms with van der Waals surface area (Å²) in [5, 5.41) is 11.9. The molecule has 12 rings (SSSR count). The van der Waals surface area contributed by atoms with Gasteiger partial charge in [0.1, 0.15) is 0 Å². The lowest BCUT2D eigenvalue weighted by atomic mass is 9.41. The molecule has 4 nitrogen and oxygen atoms in total. The van der Waals surface area contributed by atoms with E-state index in [2.05, 4.69) is 189 Å². The predicted molar refractivity (Wildman–Crippen MR) is 281 cm³/mol. The van der Waals surface area contributed by atoms with E-state index in [1.807, 2.05) is 18.2 Å². The molecular weight excluding hydrogens is 825 g/mol. The van der Waals surface area contributed by atoms with Crippen LogP contribution < -0.4 is 0 Å². The molecule has 0 aliphatic heterocycles. The van der Waals surface area contributed by atoms with Crippen LogP contribution in [0.2, 0.25) is 0 Å². The third kappa shape index (κ3) is 7.94. The maximum Gasteiger partial charge on any atom is 0.164 e. The van der Waals surface area contributed by atoms with E-state index in [0.29, 0.717) is 23.0 Å². The highest BCUT2D eigenvalue weighted by molar-refractivity contribution is 5.91. The van der Waals surface area contributed by atoms with Crippen LogP contribution in [0.15, 0.2) is 146 Å². The van der Waals surface area contributed by atoms with Crippen molar-refractivity contribution < 1.29 is 0 Å². The second kappa shape index (κ2) is 16.2. The quantitative estimate of drug-likeness (QED) is 0.160. The molecule has 0 saturated heterocycles. The van der Waals surface area contributed by atoms with E-state index in [0.717, 1.165) is 39.5 Å². The number of fused-ring (bicyclic) bond motifs is 1. The average Bonchev–Trinajstić information content (AvgIpc) is 3.32. The van der Waals surface area contributed by atoms with Gasteiger partial charge in [0.25, 0.3) is 0 Å². The minimum Gasteiger partial charge on any atom is -0.208 e. The average molecular weight is 887 g/mol. The zero-order chi connectivity index (χ0) is 47.2. The Morgan fingerprint density at radius 1 is 0.471 bits per heavy atom. The summed E-state index contributed by atoms with van der Waals surface area (Å²) < 4.78 is 0. The fraction of sp³-hybridized carbons (Fsp3) is 0.312. The third-order valence-corrected chi connectivity index (χ3v) is 16.1. The molecule has 0 spiro atoms. The van der Waals surface area contributed by atoms with Crippen LogP contribution in [0.1, 0.15) is 119 Å². The summed E-state index contributed by atoms with van der Waals surface area (Å²) in [6, 6.07) is 55.9. The normalized spacial score (nSPS) is 21.0. The molecule has 8 aromatic rings. The number of nitriles is 1. The summed E-state index contributed by atoms with van der Waals surface area (Å²) in [6.07, 6.45) is 7.81. The van der Waals surface area contributed by atoms with E-state index in [-0.39, 0.29) is 21.7 Å². The van der Waals surface area contributed by atoms with Gasteiger partial charge in [0.15, 0.2) is 17.5 Å². The van der Waals surface area contributed by atoms with Crippen LogP contribution in [-0.4, -0.2) is 15.0 Å². The summed E-state index contributed by atoms with van der Waals surface area (Å²) in [6.45, 7) is 18.0. The molecule has 4 heteroatoms. The van der Waals surface area contributed by atoms with Crippen molar-refractivity contribution in [3.8, 4) is 62.5 Å². The van der Waals surface area contributed by atoms with Crippen LogP contribution in [0.4, 0.5) is 0 Å². The van der Waals surface area contributed by atoms with Crippen LogP contribution in [0.25, 0.3) is 67.2 Å². The SMILES string of the molecule is Cc1cc(C23CC4CC(C2)CC(c2ccc(-c5ccc6cc(-c7nc(-c8ccc(C(C)(C)C)cc8)nc(-c8ccc(C(C)(C)C)cc8)n7)ccc6c5)c(C)c2)(C4)C3)ccc1-c1cccc(C#N)c1. The van der Waals surface area contributed by atoms with Crippen molar-refractivity contribution in [2.45, 2.75) is 116 Å². The Labute approximate surface area is 403 Å². The number of rotatable bonds is 7. The first kappa shape index (κ1) is 43.8. The fourth-order valence-electron chi connectivity index (χ4n) is 12.9. The first-order chi connectivity index (χ1) is 32.5. The van der Waals surface area contributed by atoms with Crippen LogP contribution in [0.5, 0.6) is 0 Å². The van der Waals surface area contributed by atoms with Crippen LogP contribution in [0, 0.1) is 37.0 Å². The summed E-state index contributed by atoms with van der Waals surface area (Å²) >= 11 is 0. The molecule has 1 aromatic heterocycles. The van der Waals surface area contributed by atoms with Crippen LogP contribution in [-0.2, 0) is 21.7 Å². The molecule has 7 aromatic carbocycles. The Hall–Kier alpha value is -6.70. The van der Waals surface area contributed by atoms with E-state index >= 15 is 0 Å². The topological polar surface area (TPSA) is 62.5 Å². The summed E-state index contributed by atoms with van der Waals surface area (Å²) in [5.74, 6) is 3.55. The van der Waals surface area contributed by atoms with Crippen LogP contribution in [0.3, 0.4) is 0 Å². The zero-order valence-electron chi connectivity index (χ0n) is 41.0. The van der Waals surface area contributed by atoms with Gasteiger partial charge in [-0.1, -0.05) is 163 Å². The lowest BCUT2D eigenvalue weighted by Crippen LogP contribution is -2.56. The lowest BCUT2D eigenvalue weighted by molar-refractivity contribution is -0.0281. The Kier molecular flexibility index (Phi) is 10.5. The summed E-state index contributed by atoms with van der Waals surface area (Å²) in [4.78, 5) is 15.3. The highest BCUT2D eigenvalue weighted by atomic mass is 15.0. The van der Waals surface area contributed by atoms with Gasteiger partial charge < -0.3 is 0 Å². The van der Waals surface area contributed by atoms with Crippen molar-refractivity contribution in [2.75, 3.05) is 0 Å². The maximum atomic E-state index is 9.55. The minimum atomic E-state index is 0.0541. The number of hydrogen-bond acceptors (Lipinski definition) is 4. The predicted octanol–water partition coefficient (Wildman–Crippen LogP) is 16.2. The molecule has 0 radical (unpaired) electrons. The van der Waals surface area contributed by atoms with Gasteiger partial charge in [0.2, 0.25) is 0 Å². The molecule has 68 heavy (non-hydrogen) atoms. The molecule has 1 heterocycles. The van der Waals surface area contributed by atoms with E-state index in [4.69, 9.17) is 15.0 Å². The Morgan fingerprint density at radius 2 is 0.897 bits per heavy atom. The summed E-state index contributed by atoms with van der Waals surface area (Å²) in [7, 11) is 0. The molecule has 4 aliphatic carbocycles. The highest BCUT2D eigenvalue weighted by Crippen LogP contribution is 2.66. The third-order valence-electron chi connectivity index (χ3n) is 16.1. The number of hydrogen-bond donors (Lipinski definition) is 0. The highest BCUT2D eigenvalue weighted by Gasteiger charge is 2.58. The van der Waals surface area contributed by atoms with Crippen molar-refractivity contribution >= 4 is 10.8 Å². The van der Waals surface area contributed by atoms with E-state index in [9.17, 15) is 5.26 Å². The number of nitrogens with zero attached hydrogens (tertiary/aromatic N) is 4.